The number of hydrogen-bond donors (Lipinski definition) is 2. The molecule has 7 nitrogen and oxygen atoms in total. The number of aromatic nitrogens is 2. The van der Waals surface area contributed by atoms with Gasteiger partial charge in [-0.1, -0.05) is 0 Å². The number of nitrogens with zero attached hydrogens (tertiary/aromatic N) is 4. The van der Waals surface area contributed by atoms with Crippen molar-refractivity contribution in [1.29, 1.82) is 0 Å². The lowest BCUT2D eigenvalue weighted by atomic mass is 10.1. The largest absolute Gasteiger partial charge is 0.369 e. The maximum absolute atomic E-state index is 12.7. The summed E-state index contributed by atoms with van der Waals surface area (Å²) < 4.78 is 0. The van der Waals surface area contributed by atoms with Gasteiger partial charge in [0.25, 0.3) is 5.91 Å². The van der Waals surface area contributed by atoms with Crippen LogP contribution in [-0.2, 0) is 0 Å². The van der Waals surface area contributed by atoms with Gasteiger partial charge < -0.3 is 20.4 Å². The summed E-state index contributed by atoms with van der Waals surface area (Å²) in [5.41, 5.74) is 2.14. The number of rotatable bonds is 4. The van der Waals surface area contributed by atoms with Crippen LogP contribution in [0.25, 0.3) is 0 Å². The number of amides is 1. The molecule has 1 fully saturated rings. The van der Waals surface area contributed by atoms with Crippen molar-refractivity contribution in [1.82, 2.24) is 14.9 Å². The van der Waals surface area contributed by atoms with Crippen LogP contribution in [0.1, 0.15) is 37.1 Å². The highest BCUT2D eigenvalue weighted by Gasteiger charge is 2.16. The minimum absolute atomic E-state index is 0.145. The summed E-state index contributed by atoms with van der Waals surface area (Å²) in [7, 11) is 2.15. The van der Waals surface area contributed by atoms with Gasteiger partial charge >= 0.3 is 0 Å². The first-order valence-electron chi connectivity index (χ1n) is 9.68. The summed E-state index contributed by atoms with van der Waals surface area (Å²) in [6.07, 6.45) is 0. The summed E-state index contributed by atoms with van der Waals surface area (Å²) in [5.74, 6) is 0.968. The number of anilines is 3. The van der Waals surface area contributed by atoms with Gasteiger partial charge in [0.1, 0.15) is 17.3 Å². The van der Waals surface area contributed by atoms with E-state index in [1.807, 2.05) is 32.9 Å². The number of carbonyl (C=O) groups is 1. The quantitative estimate of drug-likeness (QED) is 0.847. The maximum atomic E-state index is 12.7. The summed E-state index contributed by atoms with van der Waals surface area (Å²) in [5, 5.41) is 6.22. The molecule has 0 saturated carbocycles. The second-order valence-electron chi connectivity index (χ2n) is 8.35. The van der Waals surface area contributed by atoms with Crippen LogP contribution in [0, 0.1) is 6.92 Å². The van der Waals surface area contributed by atoms with Gasteiger partial charge in [-0.3, -0.25) is 4.79 Å². The standard InChI is InChI=1S/C21H30N6O/c1-15-22-18(14-19(23-15)25-21(2,3)4)20(28)24-16-6-8-17(9-7-16)27-12-10-26(5)11-13-27/h6-9,14H,10-13H2,1-5H3,(H,24,28)(H,22,23,25). The highest BCUT2D eigenvalue weighted by molar-refractivity contribution is 6.03. The van der Waals surface area contributed by atoms with Crippen molar-refractivity contribution in [2.75, 3.05) is 48.8 Å². The van der Waals surface area contributed by atoms with E-state index >= 15 is 0 Å². The summed E-state index contributed by atoms with van der Waals surface area (Å²) in [6.45, 7) is 12.1. The number of nitrogens with one attached hydrogen (secondary N) is 2. The number of carbonyl (C=O) groups excluding carboxylic acids is 1. The van der Waals surface area contributed by atoms with Crippen molar-refractivity contribution in [3.63, 3.8) is 0 Å². The smallest absolute Gasteiger partial charge is 0.274 e. The monoisotopic (exact) mass is 382 g/mol. The van der Waals surface area contributed by atoms with E-state index in [1.54, 1.807) is 13.0 Å². The molecule has 0 spiro atoms. The van der Waals surface area contributed by atoms with Crippen molar-refractivity contribution in [2.24, 2.45) is 0 Å². The van der Waals surface area contributed by atoms with Crippen LogP contribution in [0.3, 0.4) is 0 Å². The SMILES string of the molecule is Cc1nc(NC(C)(C)C)cc(C(=O)Nc2ccc(N3CCN(C)CC3)cc2)n1. The van der Waals surface area contributed by atoms with E-state index in [4.69, 9.17) is 0 Å². The first kappa shape index (κ1) is 20.1. The zero-order valence-electron chi connectivity index (χ0n) is 17.4. The molecular weight excluding hydrogens is 352 g/mol. The van der Waals surface area contributed by atoms with Crippen LogP contribution in [0.5, 0.6) is 0 Å². The predicted molar refractivity (Wildman–Crippen MR) is 114 cm³/mol. The third kappa shape index (κ3) is 5.42. The zero-order chi connectivity index (χ0) is 20.3. The molecule has 1 aromatic heterocycles. The van der Waals surface area contributed by atoms with E-state index in [1.165, 1.54) is 5.69 Å². The van der Waals surface area contributed by atoms with Gasteiger partial charge in [0, 0.05) is 49.2 Å². The second-order valence-corrected chi connectivity index (χ2v) is 8.35. The Bertz CT molecular complexity index is 820. The number of benzene rings is 1. The summed E-state index contributed by atoms with van der Waals surface area (Å²) in [6, 6.07) is 9.67. The van der Waals surface area contributed by atoms with Crippen LogP contribution in [0.15, 0.2) is 30.3 Å². The van der Waals surface area contributed by atoms with Crippen LogP contribution in [-0.4, -0.2) is 59.5 Å². The van der Waals surface area contributed by atoms with Gasteiger partial charge in [0.2, 0.25) is 0 Å². The average molecular weight is 383 g/mol. The molecule has 3 rings (SSSR count). The molecule has 1 aliphatic heterocycles. The van der Waals surface area contributed by atoms with Gasteiger partial charge in [-0.25, -0.2) is 9.97 Å². The Labute approximate surface area is 167 Å². The number of likely N-dealkylation sites (N-methyl/N-ethyl adjacent to an activating group) is 1. The average Bonchev–Trinajstić information content (AvgIpc) is 2.61. The molecule has 0 aliphatic carbocycles. The normalized spacial score (nSPS) is 15.4. The van der Waals surface area contributed by atoms with Gasteiger partial charge in [-0.2, -0.15) is 0 Å². The second kappa shape index (κ2) is 8.14. The Hall–Kier alpha value is -2.67. The van der Waals surface area contributed by atoms with Gasteiger partial charge in [0.05, 0.1) is 0 Å². The molecule has 1 saturated heterocycles. The molecular formula is C21H30N6O. The molecule has 2 aromatic rings. The minimum atomic E-state index is -0.241. The minimum Gasteiger partial charge on any atom is -0.369 e. The van der Waals surface area contributed by atoms with Gasteiger partial charge in [-0.15, -0.1) is 0 Å². The Morgan fingerprint density at radius 1 is 1.04 bits per heavy atom. The van der Waals surface area contributed by atoms with Crippen molar-refractivity contribution in [3.05, 3.63) is 41.9 Å². The summed E-state index contributed by atoms with van der Waals surface area (Å²) >= 11 is 0. The Balaban J connectivity index is 1.67. The lowest BCUT2D eigenvalue weighted by Crippen LogP contribution is -2.44. The third-order valence-electron chi connectivity index (χ3n) is 4.57. The van der Waals surface area contributed by atoms with Crippen LogP contribution in [0.4, 0.5) is 17.2 Å². The van der Waals surface area contributed by atoms with Gasteiger partial charge in [-0.05, 0) is 59.0 Å². The van der Waals surface area contributed by atoms with Crippen molar-refractivity contribution >= 4 is 23.1 Å². The molecule has 1 aromatic carbocycles. The molecule has 0 unspecified atom stereocenters. The molecule has 28 heavy (non-hydrogen) atoms. The topological polar surface area (TPSA) is 73.4 Å². The first-order chi connectivity index (χ1) is 13.2. The number of aryl methyl sites for hydroxylation is 1. The molecule has 1 amide bonds. The lowest BCUT2D eigenvalue weighted by Gasteiger charge is -2.34. The van der Waals surface area contributed by atoms with E-state index in [0.29, 0.717) is 17.3 Å². The fraction of sp³-hybridized carbons (Fsp3) is 0.476. The lowest BCUT2D eigenvalue weighted by molar-refractivity contribution is 0.102. The van der Waals surface area contributed by atoms with Crippen molar-refractivity contribution in [3.8, 4) is 0 Å². The Morgan fingerprint density at radius 3 is 2.29 bits per heavy atom. The summed E-state index contributed by atoms with van der Waals surface area (Å²) in [4.78, 5) is 26.0. The molecule has 150 valence electrons. The molecule has 2 N–H and O–H groups in total. The Kier molecular flexibility index (Phi) is 5.84. The highest BCUT2D eigenvalue weighted by atomic mass is 16.1. The van der Waals surface area contributed by atoms with E-state index in [-0.39, 0.29) is 11.4 Å². The van der Waals surface area contributed by atoms with E-state index < -0.39 is 0 Å². The number of hydrogen-bond acceptors (Lipinski definition) is 6. The third-order valence-corrected chi connectivity index (χ3v) is 4.57. The number of piperazine rings is 1. The first-order valence-corrected chi connectivity index (χ1v) is 9.68. The molecule has 2 heterocycles. The van der Waals surface area contributed by atoms with E-state index in [2.05, 4.69) is 49.6 Å². The van der Waals surface area contributed by atoms with Crippen LogP contribution < -0.4 is 15.5 Å². The van der Waals surface area contributed by atoms with E-state index in [0.717, 1.165) is 31.9 Å². The molecule has 0 bridgehead atoms. The van der Waals surface area contributed by atoms with Crippen molar-refractivity contribution in [2.45, 2.75) is 33.2 Å². The van der Waals surface area contributed by atoms with E-state index in [9.17, 15) is 4.79 Å². The molecule has 0 radical (unpaired) electrons. The predicted octanol–water partition coefficient (Wildman–Crippen LogP) is 3.00. The fourth-order valence-electron chi connectivity index (χ4n) is 3.15. The molecule has 0 atom stereocenters. The molecule has 7 heteroatoms. The van der Waals surface area contributed by atoms with Gasteiger partial charge in [0.15, 0.2) is 0 Å². The van der Waals surface area contributed by atoms with Crippen molar-refractivity contribution < 1.29 is 4.79 Å². The molecule has 1 aliphatic rings. The maximum Gasteiger partial charge on any atom is 0.274 e. The fourth-order valence-corrected chi connectivity index (χ4v) is 3.15. The highest BCUT2D eigenvalue weighted by Crippen LogP contribution is 2.20. The van der Waals surface area contributed by atoms with Crippen LogP contribution in [0.2, 0.25) is 0 Å². The Morgan fingerprint density at radius 2 is 1.68 bits per heavy atom. The van der Waals surface area contributed by atoms with Crippen LogP contribution >= 0.6 is 0 Å². The zero-order valence-corrected chi connectivity index (χ0v) is 17.4.